The lowest BCUT2D eigenvalue weighted by Gasteiger charge is -2.39. The van der Waals surface area contributed by atoms with Gasteiger partial charge >= 0.3 is 5.69 Å². The van der Waals surface area contributed by atoms with Crippen molar-refractivity contribution < 1.29 is 14.3 Å². The van der Waals surface area contributed by atoms with Crippen LogP contribution in [0.3, 0.4) is 0 Å². The van der Waals surface area contributed by atoms with Crippen LogP contribution >= 0.6 is 0 Å². The van der Waals surface area contributed by atoms with E-state index in [0.29, 0.717) is 38.4 Å². The first-order valence-corrected chi connectivity index (χ1v) is 9.24. The number of aryl methyl sites for hydroxylation is 1. The van der Waals surface area contributed by atoms with Gasteiger partial charge in [0.2, 0.25) is 11.8 Å². The van der Waals surface area contributed by atoms with E-state index in [2.05, 4.69) is 9.97 Å². The third kappa shape index (κ3) is 3.83. The molecule has 2 N–H and O–H groups in total. The molecule has 1 atom stereocenters. The minimum atomic E-state index is -0.585. The Morgan fingerprint density at radius 1 is 1.19 bits per heavy atom. The summed E-state index contributed by atoms with van der Waals surface area (Å²) in [6.45, 7) is 4.28. The van der Waals surface area contributed by atoms with Crippen molar-refractivity contribution in [1.29, 1.82) is 0 Å². The van der Waals surface area contributed by atoms with Crippen LogP contribution in [0.25, 0.3) is 0 Å². The van der Waals surface area contributed by atoms with Gasteiger partial charge in [0.25, 0.3) is 5.56 Å². The lowest BCUT2D eigenvalue weighted by molar-refractivity contribution is -0.146. The average molecular weight is 378 g/mol. The van der Waals surface area contributed by atoms with Gasteiger partial charge in [0.05, 0.1) is 18.4 Å². The molecule has 1 aromatic heterocycles. The zero-order valence-corrected chi connectivity index (χ0v) is 15.8. The molecule has 1 spiro atoms. The third-order valence-corrected chi connectivity index (χ3v) is 5.68. The highest BCUT2D eigenvalue weighted by Gasteiger charge is 2.49. The fourth-order valence-corrected chi connectivity index (χ4v) is 4.13. The fourth-order valence-electron chi connectivity index (χ4n) is 4.13. The van der Waals surface area contributed by atoms with Gasteiger partial charge in [-0.1, -0.05) is 0 Å². The van der Waals surface area contributed by atoms with E-state index < -0.39 is 16.7 Å². The molecule has 3 rings (SSSR count). The van der Waals surface area contributed by atoms with Gasteiger partial charge in [-0.3, -0.25) is 19.4 Å². The number of ether oxygens (including phenoxy) is 1. The maximum absolute atomic E-state index is 13.0. The van der Waals surface area contributed by atoms with Crippen LogP contribution in [0.1, 0.15) is 30.5 Å². The first kappa shape index (κ1) is 19.3. The van der Waals surface area contributed by atoms with E-state index in [1.54, 1.807) is 18.9 Å². The smallest absolute Gasteiger partial charge is 0.325 e. The molecule has 1 aromatic rings. The number of carbonyl (C=O) groups excluding carboxylic acids is 2. The molecule has 2 aliphatic rings. The van der Waals surface area contributed by atoms with Gasteiger partial charge in [0.1, 0.15) is 0 Å². The van der Waals surface area contributed by atoms with Crippen molar-refractivity contribution in [3.8, 4) is 0 Å². The van der Waals surface area contributed by atoms with Crippen LogP contribution in [0.5, 0.6) is 0 Å². The van der Waals surface area contributed by atoms with E-state index in [1.807, 2.05) is 4.90 Å². The average Bonchev–Trinajstić information content (AvgIpc) is 3.04. The summed E-state index contributed by atoms with van der Waals surface area (Å²) < 4.78 is 5.08. The van der Waals surface area contributed by atoms with Crippen molar-refractivity contribution in [1.82, 2.24) is 19.8 Å². The van der Waals surface area contributed by atoms with E-state index >= 15 is 0 Å². The summed E-state index contributed by atoms with van der Waals surface area (Å²) in [4.78, 5) is 57.1. The van der Waals surface area contributed by atoms with Gasteiger partial charge in [-0.15, -0.1) is 0 Å². The number of likely N-dealkylation sites (tertiary alicyclic amines) is 2. The Morgan fingerprint density at radius 2 is 1.96 bits per heavy atom. The maximum Gasteiger partial charge on any atom is 0.325 e. The topological polar surface area (TPSA) is 116 Å². The number of piperidine rings is 1. The lowest BCUT2D eigenvalue weighted by Crippen LogP contribution is -2.51. The zero-order valence-electron chi connectivity index (χ0n) is 15.8. The Kier molecular flexibility index (Phi) is 5.50. The Hall–Kier alpha value is -2.42. The Labute approximate surface area is 156 Å². The monoisotopic (exact) mass is 378 g/mol. The molecule has 9 heteroatoms. The summed E-state index contributed by atoms with van der Waals surface area (Å²) in [5, 5.41) is 0. The minimum absolute atomic E-state index is 0.0877. The van der Waals surface area contributed by atoms with E-state index in [0.717, 1.165) is 19.4 Å². The molecule has 27 heavy (non-hydrogen) atoms. The third-order valence-electron chi connectivity index (χ3n) is 5.68. The SMILES string of the molecule is COCCN1CCC[C@@]2(CCN(C(=O)Cc3c(C)[nH]c(=O)[nH]c3=O)C2)C1=O. The molecule has 0 bridgehead atoms. The molecule has 148 valence electrons. The number of nitrogens with zero attached hydrogens (tertiary/aromatic N) is 2. The molecule has 0 saturated carbocycles. The van der Waals surface area contributed by atoms with Crippen molar-refractivity contribution in [2.75, 3.05) is 39.9 Å². The zero-order chi connectivity index (χ0) is 19.6. The van der Waals surface area contributed by atoms with Crippen LogP contribution in [-0.2, 0) is 20.7 Å². The van der Waals surface area contributed by atoms with Crippen LogP contribution in [-0.4, -0.2) is 71.5 Å². The number of H-pyrrole nitrogens is 2. The van der Waals surface area contributed by atoms with Gasteiger partial charge in [-0.2, -0.15) is 0 Å². The normalized spacial score (nSPS) is 22.7. The standard InChI is InChI=1S/C18H26N4O5/c1-12-13(15(24)20-17(26)19-12)10-14(23)22-7-5-18(11-22)4-3-6-21(16(18)25)8-9-27-2/h3-11H2,1-2H3,(H2,19,20,24,26)/t18-/m0/s1. The molecule has 0 unspecified atom stereocenters. The van der Waals surface area contributed by atoms with Crippen molar-refractivity contribution in [2.24, 2.45) is 5.41 Å². The summed E-state index contributed by atoms with van der Waals surface area (Å²) in [6, 6.07) is 0. The largest absolute Gasteiger partial charge is 0.383 e. The second kappa shape index (κ2) is 7.67. The number of methoxy groups -OCH3 is 1. The first-order valence-electron chi connectivity index (χ1n) is 9.24. The highest BCUT2D eigenvalue weighted by Crippen LogP contribution is 2.40. The molecule has 3 heterocycles. The van der Waals surface area contributed by atoms with Crippen LogP contribution in [0.15, 0.2) is 9.59 Å². The quantitative estimate of drug-likeness (QED) is 0.710. The molecular weight excluding hydrogens is 352 g/mol. The molecule has 2 saturated heterocycles. The second-order valence-electron chi connectivity index (χ2n) is 7.42. The number of hydrogen-bond acceptors (Lipinski definition) is 5. The molecule has 2 fully saturated rings. The predicted octanol–water partition coefficient (Wildman–Crippen LogP) is -0.598. The molecule has 0 radical (unpaired) electrons. The number of rotatable bonds is 5. The number of aromatic amines is 2. The summed E-state index contributed by atoms with van der Waals surface area (Å²) >= 11 is 0. The second-order valence-corrected chi connectivity index (χ2v) is 7.42. The van der Waals surface area contributed by atoms with Crippen LogP contribution in [0.2, 0.25) is 0 Å². The highest BCUT2D eigenvalue weighted by atomic mass is 16.5. The molecule has 0 aromatic carbocycles. The summed E-state index contributed by atoms with van der Waals surface area (Å²) in [6.07, 6.45) is 2.24. The number of aromatic nitrogens is 2. The number of hydrogen-bond donors (Lipinski definition) is 2. The van der Waals surface area contributed by atoms with E-state index in [9.17, 15) is 19.2 Å². The molecule has 9 nitrogen and oxygen atoms in total. The van der Waals surface area contributed by atoms with Gasteiger partial charge < -0.3 is 19.5 Å². The van der Waals surface area contributed by atoms with Crippen LogP contribution in [0.4, 0.5) is 0 Å². The summed E-state index contributed by atoms with van der Waals surface area (Å²) in [5.41, 5.74) is -0.993. The van der Waals surface area contributed by atoms with Gasteiger partial charge in [-0.25, -0.2) is 4.79 Å². The van der Waals surface area contributed by atoms with Crippen molar-refractivity contribution >= 4 is 11.8 Å². The summed E-state index contributed by atoms with van der Waals surface area (Å²) in [7, 11) is 1.61. The van der Waals surface area contributed by atoms with Gasteiger partial charge in [0.15, 0.2) is 0 Å². The Balaban J connectivity index is 1.70. The fraction of sp³-hybridized carbons (Fsp3) is 0.667. The Morgan fingerprint density at radius 3 is 2.67 bits per heavy atom. The highest BCUT2D eigenvalue weighted by molar-refractivity contribution is 5.86. The van der Waals surface area contributed by atoms with E-state index in [4.69, 9.17) is 4.74 Å². The van der Waals surface area contributed by atoms with Crippen molar-refractivity contribution in [2.45, 2.75) is 32.6 Å². The van der Waals surface area contributed by atoms with Gasteiger partial charge in [-0.05, 0) is 26.2 Å². The van der Waals surface area contributed by atoms with Crippen LogP contribution < -0.4 is 11.2 Å². The van der Waals surface area contributed by atoms with Gasteiger partial charge in [0, 0.05) is 44.5 Å². The van der Waals surface area contributed by atoms with E-state index in [1.165, 1.54) is 0 Å². The van der Waals surface area contributed by atoms with Crippen molar-refractivity contribution in [3.63, 3.8) is 0 Å². The first-order chi connectivity index (χ1) is 12.9. The molecule has 2 amide bonds. The number of carbonyl (C=O) groups is 2. The summed E-state index contributed by atoms with van der Waals surface area (Å²) in [5.74, 6) is -0.103. The van der Waals surface area contributed by atoms with E-state index in [-0.39, 0.29) is 23.8 Å². The molecule has 2 aliphatic heterocycles. The maximum atomic E-state index is 13.0. The minimum Gasteiger partial charge on any atom is -0.383 e. The van der Waals surface area contributed by atoms with Crippen LogP contribution in [0, 0.1) is 12.3 Å². The molecule has 0 aliphatic carbocycles. The molecular formula is C18H26N4O5. The predicted molar refractivity (Wildman–Crippen MR) is 97.4 cm³/mol. The number of nitrogens with one attached hydrogen (secondary N) is 2. The number of amides is 2. The Bertz CT molecular complexity index is 845. The lowest BCUT2D eigenvalue weighted by atomic mass is 9.78. The van der Waals surface area contributed by atoms with Crippen molar-refractivity contribution in [3.05, 3.63) is 32.1 Å².